The van der Waals surface area contributed by atoms with Crippen molar-refractivity contribution in [3.63, 3.8) is 0 Å². The molecule has 134 valence electrons. The Hall–Kier alpha value is -2.77. The number of aliphatic imine (C=N–C) groups is 1. The predicted octanol–water partition coefficient (Wildman–Crippen LogP) is 1.40. The first-order valence-electron chi connectivity index (χ1n) is 8.25. The minimum Gasteiger partial charge on any atom is -0.486 e. The van der Waals surface area contributed by atoms with Crippen LogP contribution in [0, 0.1) is 6.92 Å². The van der Waals surface area contributed by atoms with Crippen LogP contribution >= 0.6 is 0 Å². The van der Waals surface area contributed by atoms with E-state index < -0.39 is 0 Å². The van der Waals surface area contributed by atoms with Crippen LogP contribution in [-0.4, -0.2) is 54.9 Å². The fraction of sp³-hybridized carbons (Fsp3) is 0.471. The second kappa shape index (κ2) is 7.87. The standard InChI is InChI=1S/C17H23N5O3/c1-12-20-16(25-21-12)6-7-19-17(18-2)22(3)11-13-4-5-14-15(10-13)24-9-8-23-14/h4-5,10H,6-9,11H2,1-3H3,(H,18,19). The van der Waals surface area contributed by atoms with E-state index in [4.69, 9.17) is 14.0 Å². The van der Waals surface area contributed by atoms with Gasteiger partial charge in [0.2, 0.25) is 5.89 Å². The summed E-state index contributed by atoms with van der Waals surface area (Å²) in [6, 6.07) is 6.00. The summed E-state index contributed by atoms with van der Waals surface area (Å²) in [4.78, 5) is 10.6. The van der Waals surface area contributed by atoms with Gasteiger partial charge in [-0.05, 0) is 24.6 Å². The zero-order valence-electron chi connectivity index (χ0n) is 14.8. The maximum atomic E-state index is 5.64. The Morgan fingerprint density at radius 1 is 1.28 bits per heavy atom. The largest absolute Gasteiger partial charge is 0.486 e. The number of rotatable bonds is 5. The normalized spacial score (nSPS) is 13.6. The fourth-order valence-corrected chi connectivity index (χ4v) is 2.64. The van der Waals surface area contributed by atoms with Gasteiger partial charge in [0.15, 0.2) is 23.3 Å². The van der Waals surface area contributed by atoms with Crippen LogP contribution in [0.4, 0.5) is 0 Å². The molecule has 2 aromatic rings. The summed E-state index contributed by atoms with van der Waals surface area (Å²) < 4.78 is 16.3. The Kier molecular flexibility index (Phi) is 5.37. The van der Waals surface area contributed by atoms with Crippen LogP contribution in [0.25, 0.3) is 0 Å². The lowest BCUT2D eigenvalue weighted by atomic mass is 10.2. The van der Waals surface area contributed by atoms with Crippen LogP contribution in [0.1, 0.15) is 17.3 Å². The van der Waals surface area contributed by atoms with Crippen molar-refractivity contribution in [1.82, 2.24) is 20.4 Å². The summed E-state index contributed by atoms with van der Waals surface area (Å²) in [5.41, 5.74) is 1.13. The van der Waals surface area contributed by atoms with Gasteiger partial charge in [-0.1, -0.05) is 11.2 Å². The minimum absolute atomic E-state index is 0.588. The third kappa shape index (κ3) is 4.40. The summed E-state index contributed by atoms with van der Waals surface area (Å²) in [6.45, 7) is 4.36. The molecule has 1 N–H and O–H groups in total. The quantitative estimate of drug-likeness (QED) is 0.647. The van der Waals surface area contributed by atoms with E-state index in [1.54, 1.807) is 14.0 Å². The number of aryl methyl sites for hydroxylation is 1. The van der Waals surface area contributed by atoms with Gasteiger partial charge in [-0.15, -0.1) is 0 Å². The molecule has 8 heteroatoms. The zero-order chi connectivity index (χ0) is 17.6. The van der Waals surface area contributed by atoms with Gasteiger partial charge >= 0.3 is 0 Å². The summed E-state index contributed by atoms with van der Waals surface area (Å²) in [5, 5.41) is 7.09. The topological polar surface area (TPSA) is 85.0 Å². The van der Waals surface area contributed by atoms with E-state index in [0.717, 1.165) is 23.0 Å². The first-order chi connectivity index (χ1) is 12.2. The molecule has 0 saturated carbocycles. The molecule has 8 nitrogen and oxygen atoms in total. The van der Waals surface area contributed by atoms with Gasteiger partial charge in [0.05, 0.1) is 0 Å². The van der Waals surface area contributed by atoms with E-state index in [1.807, 2.05) is 30.1 Å². The summed E-state index contributed by atoms with van der Waals surface area (Å²) in [6.07, 6.45) is 0.651. The van der Waals surface area contributed by atoms with Crippen LogP contribution in [0.15, 0.2) is 27.7 Å². The van der Waals surface area contributed by atoms with Crippen molar-refractivity contribution in [3.05, 3.63) is 35.5 Å². The highest BCUT2D eigenvalue weighted by molar-refractivity contribution is 5.79. The number of nitrogens with zero attached hydrogens (tertiary/aromatic N) is 4. The third-order valence-corrected chi connectivity index (χ3v) is 3.79. The van der Waals surface area contributed by atoms with Crippen LogP contribution in [0.5, 0.6) is 11.5 Å². The molecule has 0 fully saturated rings. The lowest BCUT2D eigenvalue weighted by molar-refractivity contribution is 0.171. The van der Waals surface area contributed by atoms with Crippen molar-refractivity contribution in [1.29, 1.82) is 0 Å². The van der Waals surface area contributed by atoms with Gasteiger partial charge in [-0.2, -0.15) is 4.98 Å². The van der Waals surface area contributed by atoms with E-state index in [-0.39, 0.29) is 0 Å². The molecule has 1 aromatic heterocycles. The summed E-state index contributed by atoms with van der Waals surface area (Å²) in [7, 11) is 3.75. The van der Waals surface area contributed by atoms with E-state index in [0.29, 0.717) is 44.4 Å². The van der Waals surface area contributed by atoms with Crippen molar-refractivity contribution in [3.8, 4) is 11.5 Å². The zero-order valence-corrected chi connectivity index (χ0v) is 14.8. The maximum Gasteiger partial charge on any atom is 0.228 e. The molecule has 25 heavy (non-hydrogen) atoms. The molecule has 0 radical (unpaired) electrons. The number of benzene rings is 1. The van der Waals surface area contributed by atoms with Gasteiger partial charge in [0.1, 0.15) is 13.2 Å². The first kappa shape index (κ1) is 17.1. The molecule has 1 aliphatic heterocycles. The highest BCUT2D eigenvalue weighted by Crippen LogP contribution is 2.30. The summed E-state index contributed by atoms with van der Waals surface area (Å²) in [5.74, 6) is 3.66. The average molecular weight is 345 g/mol. The van der Waals surface area contributed by atoms with E-state index in [1.165, 1.54) is 0 Å². The molecule has 0 amide bonds. The highest BCUT2D eigenvalue weighted by atomic mass is 16.6. The van der Waals surface area contributed by atoms with Gasteiger partial charge < -0.3 is 24.2 Å². The second-order valence-electron chi connectivity index (χ2n) is 5.79. The summed E-state index contributed by atoms with van der Waals surface area (Å²) >= 11 is 0. The molecule has 0 saturated heterocycles. The molecule has 1 aromatic carbocycles. The Bertz CT molecular complexity index is 744. The van der Waals surface area contributed by atoms with E-state index >= 15 is 0 Å². The van der Waals surface area contributed by atoms with Crippen LogP contribution in [0.3, 0.4) is 0 Å². The van der Waals surface area contributed by atoms with Gasteiger partial charge in [-0.25, -0.2) is 0 Å². The molecule has 1 aliphatic rings. The van der Waals surface area contributed by atoms with Crippen molar-refractivity contribution in [2.75, 3.05) is 33.9 Å². The molecule has 3 rings (SSSR count). The SMILES string of the molecule is CN=C(NCCc1nc(C)no1)N(C)Cc1ccc2c(c1)OCCO2. The van der Waals surface area contributed by atoms with Crippen LogP contribution in [-0.2, 0) is 13.0 Å². The minimum atomic E-state index is 0.588. The Labute approximate surface area is 146 Å². The fourth-order valence-electron chi connectivity index (χ4n) is 2.64. The molecular formula is C17H23N5O3. The van der Waals surface area contributed by atoms with Crippen LogP contribution < -0.4 is 14.8 Å². The first-order valence-corrected chi connectivity index (χ1v) is 8.25. The second-order valence-corrected chi connectivity index (χ2v) is 5.79. The lowest BCUT2D eigenvalue weighted by Crippen LogP contribution is -2.39. The lowest BCUT2D eigenvalue weighted by Gasteiger charge is -2.23. The van der Waals surface area contributed by atoms with E-state index in [2.05, 4.69) is 20.4 Å². The van der Waals surface area contributed by atoms with Crippen molar-refractivity contribution in [2.24, 2.45) is 4.99 Å². The van der Waals surface area contributed by atoms with Crippen LogP contribution in [0.2, 0.25) is 0 Å². The van der Waals surface area contributed by atoms with E-state index in [9.17, 15) is 0 Å². The number of aromatic nitrogens is 2. The third-order valence-electron chi connectivity index (χ3n) is 3.79. The maximum absolute atomic E-state index is 5.64. The Morgan fingerprint density at radius 2 is 2.08 bits per heavy atom. The van der Waals surface area contributed by atoms with Gasteiger partial charge in [0.25, 0.3) is 0 Å². The molecule has 0 bridgehead atoms. The van der Waals surface area contributed by atoms with Gasteiger partial charge in [-0.3, -0.25) is 4.99 Å². The van der Waals surface area contributed by atoms with Crippen molar-refractivity contribution < 1.29 is 14.0 Å². The molecule has 0 spiro atoms. The molecular weight excluding hydrogens is 322 g/mol. The number of guanidine groups is 1. The monoisotopic (exact) mass is 345 g/mol. The number of hydrogen-bond acceptors (Lipinski definition) is 6. The predicted molar refractivity (Wildman–Crippen MR) is 93.0 cm³/mol. The van der Waals surface area contributed by atoms with Gasteiger partial charge in [0, 0.05) is 33.6 Å². The molecule has 0 unspecified atom stereocenters. The molecule has 2 heterocycles. The number of ether oxygens (including phenoxy) is 2. The smallest absolute Gasteiger partial charge is 0.228 e. The number of hydrogen-bond donors (Lipinski definition) is 1. The Morgan fingerprint density at radius 3 is 2.80 bits per heavy atom. The number of fused-ring (bicyclic) bond motifs is 1. The Balaban J connectivity index is 1.54. The molecule has 0 atom stereocenters. The van der Waals surface area contributed by atoms with Crippen molar-refractivity contribution in [2.45, 2.75) is 19.9 Å². The molecule has 0 aliphatic carbocycles. The number of nitrogens with one attached hydrogen (secondary N) is 1. The highest BCUT2D eigenvalue weighted by Gasteiger charge is 2.13. The van der Waals surface area contributed by atoms with Crippen molar-refractivity contribution >= 4 is 5.96 Å². The average Bonchev–Trinajstić information content (AvgIpc) is 3.03.